The van der Waals surface area contributed by atoms with Gasteiger partial charge < -0.3 is 0 Å². The second-order valence-corrected chi connectivity index (χ2v) is 7.02. The molecule has 0 aromatic heterocycles. The summed E-state index contributed by atoms with van der Waals surface area (Å²) in [7, 11) is 0. The Morgan fingerprint density at radius 1 is 1.25 bits per heavy atom. The Kier molecular flexibility index (Phi) is 1.91. The van der Waals surface area contributed by atoms with E-state index < -0.39 is 0 Å². The van der Waals surface area contributed by atoms with Crippen molar-refractivity contribution < 1.29 is 0 Å². The molecule has 0 aliphatic heterocycles. The topological polar surface area (TPSA) is 0 Å². The second-order valence-electron chi connectivity index (χ2n) is 7.02. The van der Waals surface area contributed by atoms with E-state index in [-0.39, 0.29) is 0 Å². The maximum atomic E-state index is 2.58. The first-order chi connectivity index (χ1) is 7.84. The van der Waals surface area contributed by atoms with Gasteiger partial charge in [-0.2, -0.15) is 0 Å². The zero-order valence-corrected chi connectivity index (χ0v) is 10.5. The van der Waals surface area contributed by atoms with Crippen LogP contribution in [0.2, 0.25) is 0 Å². The van der Waals surface area contributed by atoms with Crippen molar-refractivity contribution in [2.24, 2.45) is 35.0 Å². The molecular formula is C16H24. The average Bonchev–Trinajstić information content (AvgIpc) is 3.03. The number of hydrogen-bond acceptors (Lipinski definition) is 0. The third kappa shape index (κ3) is 1.02. The van der Waals surface area contributed by atoms with Crippen LogP contribution in [0.4, 0.5) is 0 Å². The van der Waals surface area contributed by atoms with E-state index in [0.29, 0.717) is 0 Å². The fourth-order valence-corrected chi connectivity index (χ4v) is 6.12. The maximum absolute atomic E-state index is 2.58. The quantitative estimate of drug-likeness (QED) is 0.484. The van der Waals surface area contributed by atoms with Gasteiger partial charge in [-0.15, -0.1) is 0 Å². The monoisotopic (exact) mass is 216 g/mol. The summed E-state index contributed by atoms with van der Waals surface area (Å²) in [5.74, 6) is 5.37. The Bertz CT molecular complexity index is 329. The summed E-state index contributed by atoms with van der Waals surface area (Å²) in [6, 6.07) is 0. The molecule has 4 aliphatic rings. The third-order valence-corrected chi connectivity index (χ3v) is 6.48. The second kappa shape index (κ2) is 3.15. The number of unbranched alkanes of at least 4 members (excludes halogenated alkanes) is 1. The lowest BCUT2D eigenvalue weighted by molar-refractivity contribution is 0.104. The summed E-state index contributed by atoms with van der Waals surface area (Å²) in [5.41, 5.74) is 0.815. The fourth-order valence-electron chi connectivity index (χ4n) is 6.12. The van der Waals surface area contributed by atoms with Crippen molar-refractivity contribution in [2.45, 2.75) is 51.9 Å². The van der Waals surface area contributed by atoms with Gasteiger partial charge in [-0.1, -0.05) is 31.9 Å². The van der Waals surface area contributed by atoms with Crippen molar-refractivity contribution >= 4 is 0 Å². The summed E-state index contributed by atoms with van der Waals surface area (Å²) in [6.07, 6.45) is 15.9. The molecule has 0 heteroatoms. The molecular weight excluding hydrogens is 192 g/mol. The molecule has 6 atom stereocenters. The van der Waals surface area contributed by atoms with Crippen molar-refractivity contribution in [3.8, 4) is 0 Å². The van der Waals surface area contributed by atoms with Gasteiger partial charge in [-0.3, -0.25) is 0 Å². The van der Waals surface area contributed by atoms with Crippen molar-refractivity contribution in [3.05, 3.63) is 12.2 Å². The molecule has 4 bridgehead atoms. The highest BCUT2D eigenvalue weighted by atomic mass is 14.7. The molecule has 4 rings (SSSR count). The minimum absolute atomic E-state index is 0.815. The van der Waals surface area contributed by atoms with Crippen molar-refractivity contribution in [3.63, 3.8) is 0 Å². The molecule has 0 N–H and O–H groups in total. The van der Waals surface area contributed by atoms with Crippen LogP contribution in [0.1, 0.15) is 51.9 Å². The molecule has 0 saturated heterocycles. The highest BCUT2D eigenvalue weighted by Gasteiger charge is 2.64. The zero-order chi connectivity index (χ0) is 10.8. The van der Waals surface area contributed by atoms with Gasteiger partial charge in [-0.25, -0.2) is 0 Å². The summed E-state index contributed by atoms with van der Waals surface area (Å²) < 4.78 is 0. The first kappa shape index (κ1) is 9.74. The van der Waals surface area contributed by atoms with Gasteiger partial charge in [0.05, 0.1) is 0 Å². The molecule has 4 aliphatic carbocycles. The smallest absolute Gasteiger partial charge is 0.0191 e. The first-order valence-corrected chi connectivity index (χ1v) is 7.52. The van der Waals surface area contributed by atoms with Gasteiger partial charge >= 0.3 is 0 Å². The lowest BCUT2D eigenvalue weighted by atomic mass is 9.64. The van der Waals surface area contributed by atoms with Gasteiger partial charge in [0, 0.05) is 0 Å². The van der Waals surface area contributed by atoms with Crippen LogP contribution in [0.15, 0.2) is 12.2 Å². The number of allylic oxidation sites excluding steroid dienone is 2. The minimum Gasteiger partial charge on any atom is -0.0848 e. The van der Waals surface area contributed by atoms with Crippen LogP contribution < -0.4 is 0 Å². The summed E-state index contributed by atoms with van der Waals surface area (Å²) >= 11 is 0. The fraction of sp³-hybridized carbons (Fsp3) is 0.875. The highest BCUT2D eigenvalue weighted by molar-refractivity contribution is 5.22. The lowest BCUT2D eigenvalue weighted by Crippen LogP contribution is -2.33. The average molecular weight is 216 g/mol. The minimum atomic E-state index is 0.815. The number of hydrogen-bond donors (Lipinski definition) is 0. The highest BCUT2D eigenvalue weighted by Crippen LogP contribution is 2.72. The maximum Gasteiger partial charge on any atom is -0.0191 e. The molecule has 3 saturated carbocycles. The molecule has 0 radical (unpaired) electrons. The van der Waals surface area contributed by atoms with Gasteiger partial charge in [0.15, 0.2) is 0 Å². The van der Waals surface area contributed by atoms with Crippen LogP contribution >= 0.6 is 0 Å². The van der Waals surface area contributed by atoms with Crippen LogP contribution in [-0.2, 0) is 0 Å². The standard InChI is InChI=1S/C16H24/c1-2-3-7-16-8-6-13(10-16)14-11-4-5-12(9-11)15(14)16/h4-5,11-15H,2-3,6-10H2,1H3. The normalized spacial score (nSPS) is 56.2. The van der Waals surface area contributed by atoms with E-state index in [1.165, 1.54) is 19.3 Å². The molecule has 0 amide bonds. The Morgan fingerprint density at radius 3 is 3.00 bits per heavy atom. The largest absolute Gasteiger partial charge is 0.0848 e. The van der Waals surface area contributed by atoms with Crippen molar-refractivity contribution in [1.82, 2.24) is 0 Å². The van der Waals surface area contributed by atoms with E-state index in [9.17, 15) is 0 Å². The number of fused-ring (bicyclic) bond motifs is 9. The predicted molar refractivity (Wildman–Crippen MR) is 67.0 cm³/mol. The Morgan fingerprint density at radius 2 is 2.12 bits per heavy atom. The lowest BCUT2D eigenvalue weighted by Gasteiger charge is -2.40. The van der Waals surface area contributed by atoms with Gasteiger partial charge in [0.25, 0.3) is 0 Å². The van der Waals surface area contributed by atoms with Gasteiger partial charge in [-0.05, 0) is 67.1 Å². The third-order valence-electron chi connectivity index (χ3n) is 6.48. The van der Waals surface area contributed by atoms with Crippen LogP contribution in [0, 0.1) is 35.0 Å². The summed E-state index contributed by atoms with van der Waals surface area (Å²) in [6.45, 7) is 2.36. The van der Waals surface area contributed by atoms with Gasteiger partial charge in [0.2, 0.25) is 0 Å². The Labute approximate surface area is 99.5 Å². The summed E-state index contributed by atoms with van der Waals surface area (Å²) in [5, 5.41) is 0. The van der Waals surface area contributed by atoms with Crippen LogP contribution in [0.5, 0.6) is 0 Å². The Balaban J connectivity index is 1.66. The molecule has 0 heterocycles. The molecule has 3 fully saturated rings. The number of rotatable bonds is 3. The van der Waals surface area contributed by atoms with Crippen molar-refractivity contribution in [1.29, 1.82) is 0 Å². The summed E-state index contributed by atoms with van der Waals surface area (Å²) in [4.78, 5) is 0. The Hall–Kier alpha value is -0.260. The van der Waals surface area contributed by atoms with Gasteiger partial charge in [0.1, 0.15) is 0 Å². The molecule has 0 nitrogen and oxygen atoms in total. The van der Waals surface area contributed by atoms with Crippen LogP contribution in [0.25, 0.3) is 0 Å². The molecule has 0 spiro atoms. The van der Waals surface area contributed by atoms with E-state index in [4.69, 9.17) is 0 Å². The van der Waals surface area contributed by atoms with E-state index in [0.717, 1.165) is 35.0 Å². The molecule has 16 heavy (non-hydrogen) atoms. The van der Waals surface area contributed by atoms with Crippen LogP contribution in [0.3, 0.4) is 0 Å². The van der Waals surface area contributed by atoms with E-state index in [2.05, 4.69) is 19.1 Å². The SMILES string of the molecule is CCCCC12CCC(C1)C1C3C=CC(C3)C12. The van der Waals surface area contributed by atoms with Crippen LogP contribution in [-0.4, -0.2) is 0 Å². The zero-order valence-electron chi connectivity index (χ0n) is 10.5. The molecule has 88 valence electrons. The molecule has 6 unspecified atom stereocenters. The predicted octanol–water partition coefficient (Wildman–Crippen LogP) is 4.42. The van der Waals surface area contributed by atoms with E-state index in [1.807, 2.05) is 0 Å². The van der Waals surface area contributed by atoms with E-state index in [1.54, 1.807) is 25.7 Å². The molecule has 0 aromatic rings. The van der Waals surface area contributed by atoms with Crippen molar-refractivity contribution in [2.75, 3.05) is 0 Å². The molecule has 0 aromatic carbocycles. The van der Waals surface area contributed by atoms with E-state index >= 15 is 0 Å². The first-order valence-electron chi connectivity index (χ1n) is 7.52.